The van der Waals surface area contributed by atoms with Crippen LogP contribution in [-0.4, -0.2) is 17.9 Å². The van der Waals surface area contributed by atoms with Crippen LogP contribution in [0.5, 0.6) is 0 Å². The van der Waals surface area contributed by atoms with E-state index in [4.69, 9.17) is 4.74 Å². The van der Waals surface area contributed by atoms with Crippen molar-refractivity contribution in [3.05, 3.63) is 0 Å². The zero-order chi connectivity index (χ0) is 11.7. The number of rotatable bonds is 8. The Hall–Kier alpha value is -0.860. The molecule has 0 bridgehead atoms. The molecule has 3 nitrogen and oxygen atoms in total. The molecule has 1 unspecified atom stereocenters. The highest BCUT2D eigenvalue weighted by molar-refractivity contribution is 5.74. The third-order valence-electron chi connectivity index (χ3n) is 2.37. The van der Waals surface area contributed by atoms with E-state index < -0.39 is 5.60 Å². The van der Waals surface area contributed by atoms with Gasteiger partial charge >= 0.3 is 5.97 Å². The summed E-state index contributed by atoms with van der Waals surface area (Å²) in [6, 6.07) is 0. The van der Waals surface area contributed by atoms with Gasteiger partial charge in [-0.1, -0.05) is 33.6 Å². The maximum absolute atomic E-state index is 11.2. The van der Waals surface area contributed by atoms with E-state index in [1.807, 2.05) is 20.1 Å². The predicted octanol–water partition coefficient (Wildman–Crippen LogP) is 2.78. The number of hydrogen-bond donors (Lipinski definition) is 0. The molecule has 0 aromatic rings. The summed E-state index contributed by atoms with van der Waals surface area (Å²) >= 11 is 0. The predicted molar refractivity (Wildman–Crippen MR) is 59.2 cm³/mol. The molecule has 0 aliphatic heterocycles. The van der Waals surface area contributed by atoms with Crippen molar-refractivity contribution in [2.24, 2.45) is 0 Å². The van der Waals surface area contributed by atoms with Gasteiger partial charge in [-0.3, -0.25) is 9.59 Å². The van der Waals surface area contributed by atoms with Gasteiger partial charge in [-0.15, -0.1) is 0 Å². The molecule has 0 saturated heterocycles. The fraction of sp³-hybridized carbons (Fsp3) is 0.833. The molecule has 15 heavy (non-hydrogen) atoms. The van der Waals surface area contributed by atoms with E-state index in [9.17, 15) is 9.59 Å². The lowest BCUT2D eigenvalue weighted by Gasteiger charge is -2.26. The first-order valence-electron chi connectivity index (χ1n) is 5.75. The van der Waals surface area contributed by atoms with E-state index in [0.717, 1.165) is 19.3 Å². The van der Waals surface area contributed by atoms with E-state index in [1.165, 1.54) is 0 Å². The zero-order valence-electron chi connectivity index (χ0n) is 9.97. The Kier molecular flexibility index (Phi) is 7.01. The van der Waals surface area contributed by atoms with Crippen LogP contribution in [0.25, 0.3) is 0 Å². The highest BCUT2D eigenvalue weighted by Crippen LogP contribution is 2.23. The van der Waals surface area contributed by atoms with Gasteiger partial charge in [0.1, 0.15) is 0 Å². The zero-order valence-corrected chi connectivity index (χ0v) is 9.97. The molecule has 1 atom stereocenters. The summed E-state index contributed by atoms with van der Waals surface area (Å²) in [5, 5.41) is 0. The largest absolute Gasteiger partial charge is 0.451 e. The van der Waals surface area contributed by atoms with Gasteiger partial charge in [0.05, 0.1) is 0 Å². The second kappa shape index (κ2) is 7.43. The van der Waals surface area contributed by atoms with Crippen LogP contribution < -0.4 is 0 Å². The number of ether oxygens (including phenoxy) is 1. The average Bonchev–Trinajstić information content (AvgIpc) is 2.26. The first kappa shape index (κ1) is 14.1. The number of hydrogen-bond acceptors (Lipinski definition) is 3. The monoisotopic (exact) mass is 213 g/mol. The lowest BCUT2D eigenvalue weighted by molar-refractivity contribution is -0.154. The first-order chi connectivity index (χ1) is 7.14. The van der Waals surface area contributed by atoms with Crippen LogP contribution >= 0.6 is 0 Å². The van der Waals surface area contributed by atoms with Crippen LogP contribution in [0.3, 0.4) is 0 Å². The van der Waals surface area contributed by atoms with E-state index >= 15 is 0 Å². The lowest BCUT2D eigenvalue weighted by atomic mass is 9.93. The summed E-state index contributed by atoms with van der Waals surface area (Å²) in [5.74, 6) is -0.317. The summed E-state index contributed by atoms with van der Waals surface area (Å²) in [6.07, 6.45) is 6.07. The van der Waals surface area contributed by atoms with Gasteiger partial charge in [0.25, 0.3) is 0 Å². The molecule has 0 aromatic heterocycles. The van der Waals surface area contributed by atoms with Gasteiger partial charge in [-0.25, -0.2) is 0 Å². The van der Waals surface area contributed by atoms with Crippen LogP contribution in [0.2, 0.25) is 0 Å². The fourth-order valence-electron chi connectivity index (χ4n) is 1.51. The van der Waals surface area contributed by atoms with Crippen molar-refractivity contribution in [1.82, 2.24) is 0 Å². The molecule has 0 rings (SSSR count). The third-order valence-corrected chi connectivity index (χ3v) is 2.37. The van der Waals surface area contributed by atoms with Crippen molar-refractivity contribution in [2.75, 3.05) is 0 Å². The van der Waals surface area contributed by atoms with Gasteiger partial charge in [-0.2, -0.15) is 0 Å². The van der Waals surface area contributed by atoms with Crippen molar-refractivity contribution in [1.29, 1.82) is 0 Å². The molecule has 0 aromatic carbocycles. The summed E-state index contributed by atoms with van der Waals surface area (Å²) in [7, 11) is 0. The minimum atomic E-state index is -0.988. The number of unbranched alkanes of at least 4 members (excludes halogenated alkanes) is 1. The minimum Gasteiger partial charge on any atom is -0.451 e. The molecule has 0 aliphatic rings. The summed E-state index contributed by atoms with van der Waals surface area (Å²) in [6.45, 7) is 5.74. The quantitative estimate of drug-likeness (QED) is 0.582. The molecule has 0 heterocycles. The molecule has 0 fully saturated rings. The third kappa shape index (κ3) is 4.96. The van der Waals surface area contributed by atoms with Crippen LogP contribution in [0.4, 0.5) is 0 Å². The minimum absolute atomic E-state index is 0.305. The molecule has 0 saturated carbocycles. The summed E-state index contributed by atoms with van der Waals surface area (Å²) in [5.41, 5.74) is -0.988. The van der Waals surface area contributed by atoms with E-state index in [-0.39, 0.29) is 5.97 Å². The van der Waals surface area contributed by atoms with Gasteiger partial charge in [-0.05, 0) is 19.3 Å². The Balaban J connectivity index is 4.48. The Bertz CT molecular complexity index is 201. The van der Waals surface area contributed by atoms with Crippen LogP contribution in [0.1, 0.15) is 59.3 Å². The first-order valence-corrected chi connectivity index (χ1v) is 5.75. The van der Waals surface area contributed by atoms with Crippen molar-refractivity contribution in [2.45, 2.75) is 64.9 Å². The number of carbonyl (C=O) groups is 1. The van der Waals surface area contributed by atoms with E-state index in [1.54, 1.807) is 6.92 Å². The Morgan fingerprint density at radius 2 is 1.87 bits per heavy atom. The van der Waals surface area contributed by atoms with Gasteiger partial charge < -0.3 is 4.74 Å². The highest BCUT2D eigenvalue weighted by Gasteiger charge is 2.33. The molecule has 1 radical (unpaired) electrons. The SMILES string of the molecule is CCCCC([C]=O)(CCC)OC(=O)CC. The van der Waals surface area contributed by atoms with Crippen LogP contribution in [-0.2, 0) is 14.3 Å². The molecule has 87 valence electrons. The molecule has 0 aliphatic carbocycles. The Morgan fingerprint density at radius 1 is 1.20 bits per heavy atom. The molecular weight excluding hydrogens is 192 g/mol. The van der Waals surface area contributed by atoms with Gasteiger partial charge in [0, 0.05) is 6.42 Å². The molecule has 0 N–H and O–H groups in total. The molecular formula is C12H21O3. The second-order valence-corrected chi connectivity index (χ2v) is 3.78. The lowest BCUT2D eigenvalue weighted by Crippen LogP contribution is -2.36. The fourth-order valence-corrected chi connectivity index (χ4v) is 1.51. The standard InChI is InChI=1S/C12H21O3/c1-4-7-9-12(10-13,8-5-2)15-11(14)6-3/h4-9H2,1-3H3. The topological polar surface area (TPSA) is 43.4 Å². The highest BCUT2D eigenvalue weighted by atomic mass is 16.6. The van der Waals surface area contributed by atoms with Crippen molar-refractivity contribution in [3.8, 4) is 0 Å². The smallest absolute Gasteiger partial charge is 0.306 e. The molecule has 3 heteroatoms. The van der Waals surface area contributed by atoms with Gasteiger partial charge in [0.2, 0.25) is 6.29 Å². The van der Waals surface area contributed by atoms with Gasteiger partial charge in [0.15, 0.2) is 5.60 Å². The van der Waals surface area contributed by atoms with Crippen LogP contribution in [0, 0.1) is 0 Å². The second-order valence-electron chi connectivity index (χ2n) is 3.78. The molecule has 0 amide bonds. The maximum Gasteiger partial charge on any atom is 0.306 e. The average molecular weight is 213 g/mol. The summed E-state index contributed by atoms with van der Waals surface area (Å²) in [4.78, 5) is 22.2. The Morgan fingerprint density at radius 3 is 2.27 bits per heavy atom. The summed E-state index contributed by atoms with van der Waals surface area (Å²) < 4.78 is 5.22. The normalized spacial score (nSPS) is 14.3. The number of carbonyl (C=O) groups excluding carboxylic acids is 2. The van der Waals surface area contributed by atoms with Crippen molar-refractivity contribution >= 4 is 12.3 Å². The maximum atomic E-state index is 11.2. The van der Waals surface area contributed by atoms with E-state index in [2.05, 4.69) is 0 Å². The molecule has 0 spiro atoms. The van der Waals surface area contributed by atoms with E-state index in [0.29, 0.717) is 19.3 Å². The van der Waals surface area contributed by atoms with Crippen LogP contribution in [0.15, 0.2) is 0 Å². The van der Waals surface area contributed by atoms with Crippen molar-refractivity contribution in [3.63, 3.8) is 0 Å². The Labute approximate surface area is 92.2 Å². The number of esters is 1. The van der Waals surface area contributed by atoms with Crippen molar-refractivity contribution < 1.29 is 14.3 Å².